The number of carbonyl (C=O) groups is 1. The van der Waals surface area contributed by atoms with Gasteiger partial charge < -0.3 is 5.32 Å². The van der Waals surface area contributed by atoms with E-state index >= 15 is 0 Å². The first-order chi connectivity index (χ1) is 11.9. The van der Waals surface area contributed by atoms with E-state index in [1.54, 1.807) is 6.08 Å². The molecule has 1 saturated carbocycles. The van der Waals surface area contributed by atoms with Crippen LogP contribution in [-0.2, 0) is 14.6 Å². The fourth-order valence-corrected chi connectivity index (χ4v) is 4.29. The smallest absolute Gasteiger partial charge is 0.248 e. The Morgan fingerprint density at radius 3 is 2.52 bits per heavy atom. The van der Waals surface area contributed by atoms with Crippen LogP contribution >= 0.6 is 15.9 Å². The van der Waals surface area contributed by atoms with Crippen molar-refractivity contribution in [1.82, 2.24) is 5.32 Å². The molecule has 0 aliphatic heterocycles. The van der Waals surface area contributed by atoms with Crippen molar-refractivity contribution in [3.05, 3.63) is 39.9 Å². The van der Waals surface area contributed by atoms with Gasteiger partial charge in [0.1, 0.15) is 0 Å². The maximum Gasteiger partial charge on any atom is 0.248 e. The van der Waals surface area contributed by atoms with Gasteiger partial charge in [0, 0.05) is 22.5 Å². The molecule has 0 aromatic heterocycles. The van der Waals surface area contributed by atoms with E-state index in [0.29, 0.717) is 0 Å². The van der Waals surface area contributed by atoms with Gasteiger partial charge >= 0.3 is 0 Å². The minimum Gasteiger partial charge on any atom is -0.350 e. The second-order valence-corrected chi connectivity index (χ2v) is 9.28. The van der Waals surface area contributed by atoms with Crippen molar-refractivity contribution < 1.29 is 13.2 Å². The second-order valence-electron chi connectivity index (χ2n) is 6.18. The molecule has 1 aromatic rings. The molecule has 1 aliphatic rings. The molecule has 1 N–H and O–H groups in total. The van der Waals surface area contributed by atoms with Gasteiger partial charge in [-0.3, -0.25) is 4.79 Å². The average Bonchev–Trinajstić information content (AvgIpc) is 3.07. The first-order valence-corrected chi connectivity index (χ1v) is 10.9. The van der Waals surface area contributed by atoms with E-state index in [1.165, 1.54) is 0 Å². The first kappa shape index (κ1) is 19.7. The van der Waals surface area contributed by atoms with Gasteiger partial charge in [-0.1, -0.05) is 40.9 Å². The van der Waals surface area contributed by atoms with Crippen molar-refractivity contribution in [3.8, 4) is 6.07 Å². The van der Waals surface area contributed by atoms with E-state index in [-0.39, 0.29) is 35.4 Å². The Morgan fingerprint density at radius 2 is 1.92 bits per heavy atom. The van der Waals surface area contributed by atoms with Gasteiger partial charge in [0.2, 0.25) is 5.91 Å². The summed E-state index contributed by atoms with van der Waals surface area (Å²) in [6, 6.07) is 9.25. The van der Waals surface area contributed by atoms with Crippen LogP contribution < -0.4 is 5.32 Å². The zero-order chi connectivity index (χ0) is 18.3. The van der Waals surface area contributed by atoms with Crippen LogP contribution in [0.5, 0.6) is 0 Å². The van der Waals surface area contributed by atoms with Gasteiger partial charge in [-0.15, -0.1) is 0 Å². The standard InChI is InChI=1S/C18H21BrN2O3S/c19-16-8-6-14(7-9-16)12-15(13-25(23,24)11-3-10-20)18(22)21-17-4-1-2-5-17/h6-9,12,17H,1-5,11,13H2,(H,21,22)/b15-12+. The van der Waals surface area contributed by atoms with E-state index in [0.717, 1.165) is 35.7 Å². The van der Waals surface area contributed by atoms with Crippen molar-refractivity contribution in [3.63, 3.8) is 0 Å². The van der Waals surface area contributed by atoms with E-state index in [1.807, 2.05) is 30.3 Å². The molecule has 0 atom stereocenters. The second kappa shape index (κ2) is 9.16. The van der Waals surface area contributed by atoms with Gasteiger partial charge in [0.15, 0.2) is 9.84 Å². The maximum absolute atomic E-state index is 12.6. The molecule has 0 saturated heterocycles. The van der Waals surface area contributed by atoms with Crippen molar-refractivity contribution in [1.29, 1.82) is 5.26 Å². The van der Waals surface area contributed by atoms with Gasteiger partial charge in [-0.25, -0.2) is 8.42 Å². The number of benzene rings is 1. The van der Waals surface area contributed by atoms with Crippen molar-refractivity contribution in [2.24, 2.45) is 0 Å². The van der Waals surface area contributed by atoms with Crippen LogP contribution in [0.4, 0.5) is 0 Å². The molecule has 0 unspecified atom stereocenters. The number of hydrogen-bond donors (Lipinski definition) is 1. The maximum atomic E-state index is 12.6. The quantitative estimate of drug-likeness (QED) is 0.680. The van der Waals surface area contributed by atoms with Gasteiger partial charge in [0.25, 0.3) is 0 Å². The topological polar surface area (TPSA) is 87.0 Å². The van der Waals surface area contributed by atoms with E-state index < -0.39 is 9.84 Å². The molecule has 134 valence electrons. The van der Waals surface area contributed by atoms with Gasteiger partial charge in [0.05, 0.1) is 17.6 Å². The summed E-state index contributed by atoms with van der Waals surface area (Å²) in [4.78, 5) is 12.6. The third kappa shape index (κ3) is 6.63. The fourth-order valence-electron chi connectivity index (χ4n) is 2.79. The lowest BCUT2D eigenvalue weighted by atomic mass is 10.1. The van der Waals surface area contributed by atoms with Crippen molar-refractivity contribution in [2.45, 2.75) is 38.1 Å². The third-order valence-corrected chi connectivity index (χ3v) is 6.20. The van der Waals surface area contributed by atoms with E-state index in [4.69, 9.17) is 5.26 Å². The number of hydrogen-bond acceptors (Lipinski definition) is 4. The number of amides is 1. The zero-order valence-corrected chi connectivity index (χ0v) is 16.3. The number of rotatable bonds is 7. The molecule has 1 fully saturated rings. The molecule has 1 aliphatic carbocycles. The molecular weight excluding hydrogens is 404 g/mol. The third-order valence-electron chi connectivity index (χ3n) is 4.09. The van der Waals surface area contributed by atoms with Crippen LogP contribution in [0, 0.1) is 11.3 Å². The molecule has 5 nitrogen and oxygen atoms in total. The highest BCUT2D eigenvalue weighted by atomic mass is 79.9. The van der Waals surface area contributed by atoms with Crippen molar-refractivity contribution in [2.75, 3.05) is 11.5 Å². The molecule has 0 bridgehead atoms. The lowest BCUT2D eigenvalue weighted by Crippen LogP contribution is -2.35. The molecule has 1 aromatic carbocycles. The zero-order valence-electron chi connectivity index (χ0n) is 13.9. The monoisotopic (exact) mass is 424 g/mol. The van der Waals surface area contributed by atoms with Crippen LogP contribution in [0.1, 0.15) is 37.7 Å². The van der Waals surface area contributed by atoms with Gasteiger partial charge in [-0.05, 0) is 36.6 Å². The Labute approximate surface area is 157 Å². The summed E-state index contributed by atoms with van der Waals surface area (Å²) in [6.07, 6.45) is 5.56. The number of sulfone groups is 1. The summed E-state index contributed by atoms with van der Waals surface area (Å²) in [7, 11) is -3.51. The highest BCUT2D eigenvalue weighted by Crippen LogP contribution is 2.19. The van der Waals surface area contributed by atoms with E-state index in [2.05, 4.69) is 21.2 Å². The Hall–Kier alpha value is -1.65. The molecule has 1 amide bonds. The molecule has 2 rings (SSSR count). The SMILES string of the molecule is N#CCCS(=O)(=O)C/C(=C\c1ccc(Br)cc1)C(=O)NC1CCCC1. The molecule has 7 heteroatoms. The first-order valence-electron chi connectivity index (χ1n) is 8.24. The Kier molecular flexibility index (Phi) is 7.21. The number of nitriles is 1. The summed E-state index contributed by atoms with van der Waals surface area (Å²) >= 11 is 3.35. The number of nitrogens with zero attached hydrogens (tertiary/aromatic N) is 1. The van der Waals surface area contributed by atoms with Crippen LogP contribution in [0.25, 0.3) is 6.08 Å². The molecule has 0 radical (unpaired) electrons. The summed E-state index contributed by atoms with van der Waals surface area (Å²) in [6.45, 7) is 0. The Balaban J connectivity index is 2.22. The van der Waals surface area contributed by atoms with Crippen molar-refractivity contribution >= 4 is 37.8 Å². The van der Waals surface area contributed by atoms with Crippen LogP contribution in [-0.4, -0.2) is 31.9 Å². The number of halogens is 1. The molecule has 25 heavy (non-hydrogen) atoms. The van der Waals surface area contributed by atoms with Crippen LogP contribution in [0.3, 0.4) is 0 Å². The highest BCUT2D eigenvalue weighted by Gasteiger charge is 2.23. The fraction of sp³-hybridized carbons (Fsp3) is 0.444. The minimum absolute atomic E-state index is 0.0713. The lowest BCUT2D eigenvalue weighted by Gasteiger charge is -2.14. The summed E-state index contributed by atoms with van der Waals surface area (Å²) in [5.41, 5.74) is 0.974. The average molecular weight is 425 g/mol. The Bertz CT molecular complexity index is 774. The van der Waals surface area contributed by atoms with E-state index in [9.17, 15) is 13.2 Å². The summed E-state index contributed by atoms with van der Waals surface area (Å²) in [5, 5.41) is 11.6. The molecule has 0 spiro atoms. The lowest BCUT2D eigenvalue weighted by molar-refractivity contribution is -0.118. The summed E-state index contributed by atoms with van der Waals surface area (Å²) < 4.78 is 25.3. The van der Waals surface area contributed by atoms with Gasteiger partial charge in [-0.2, -0.15) is 5.26 Å². The molecular formula is C18H21BrN2O3S. The normalized spacial score (nSPS) is 15.8. The number of carbonyl (C=O) groups excluding carboxylic acids is 1. The molecule has 0 heterocycles. The summed E-state index contributed by atoms with van der Waals surface area (Å²) in [5.74, 6) is -0.934. The highest BCUT2D eigenvalue weighted by molar-refractivity contribution is 9.10. The predicted octanol–water partition coefficient (Wildman–Crippen LogP) is 3.22. The minimum atomic E-state index is -3.51. The Morgan fingerprint density at radius 1 is 1.28 bits per heavy atom. The predicted molar refractivity (Wildman–Crippen MR) is 101 cm³/mol. The van der Waals surface area contributed by atoms with Crippen LogP contribution in [0.2, 0.25) is 0 Å². The van der Waals surface area contributed by atoms with Crippen LogP contribution in [0.15, 0.2) is 34.3 Å². The number of nitrogens with one attached hydrogen (secondary N) is 1. The largest absolute Gasteiger partial charge is 0.350 e.